The van der Waals surface area contributed by atoms with Crippen LogP contribution in [0.4, 0.5) is 5.69 Å². The van der Waals surface area contributed by atoms with Gasteiger partial charge >= 0.3 is 0 Å². The number of imide groups is 1. The summed E-state index contributed by atoms with van der Waals surface area (Å²) in [4.78, 5) is 29.3. The third kappa shape index (κ3) is 1.83. The Labute approximate surface area is 183 Å². The first-order valence-electron chi connectivity index (χ1n) is 10.2. The lowest BCUT2D eigenvalue weighted by molar-refractivity contribution is -0.124. The van der Waals surface area contributed by atoms with E-state index in [1.807, 2.05) is 48.5 Å². The number of rotatable bonds is 1. The maximum Gasteiger partial charge on any atom is 0.239 e. The van der Waals surface area contributed by atoms with Gasteiger partial charge in [0.05, 0.1) is 17.5 Å². The number of amides is 2. The predicted octanol–water partition coefficient (Wildman–Crippen LogP) is 5.19. The van der Waals surface area contributed by atoms with Crippen LogP contribution in [0.15, 0.2) is 77.3 Å². The maximum absolute atomic E-state index is 13.9. The molecule has 2 amide bonds. The zero-order valence-corrected chi connectivity index (χ0v) is 18.3. The highest BCUT2D eigenvalue weighted by Gasteiger charge is 2.70. The summed E-state index contributed by atoms with van der Waals surface area (Å²) < 4.78 is 0.753. The van der Waals surface area contributed by atoms with Crippen molar-refractivity contribution in [3.63, 3.8) is 0 Å². The number of nitrogens with zero attached hydrogens (tertiary/aromatic N) is 1. The topological polar surface area (TPSA) is 37.4 Å². The molecule has 3 aliphatic carbocycles. The van der Waals surface area contributed by atoms with Crippen LogP contribution in [-0.4, -0.2) is 11.8 Å². The minimum absolute atomic E-state index is 0.102. The van der Waals surface area contributed by atoms with Gasteiger partial charge in [0.2, 0.25) is 11.8 Å². The van der Waals surface area contributed by atoms with Crippen molar-refractivity contribution in [2.24, 2.45) is 11.8 Å². The first-order valence-corrected chi connectivity index (χ1v) is 11.0. The fraction of sp³-hybridized carbons (Fsp3) is 0.231. The zero-order valence-electron chi connectivity index (χ0n) is 16.7. The number of anilines is 1. The second-order valence-electron chi connectivity index (χ2n) is 8.91. The summed E-state index contributed by atoms with van der Waals surface area (Å²) in [7, 11) is 0. The number of para-hydroxylation sites is 1. The molecule has 2 bridgehead atoms. The molecule has 30 heavy (non-hydrogen) atoms. The Balaban J connectivity index is 1.68. The van der Waals surface area contributed by atoms with E-state index in [0.717, 1.165) is 4.47 Å². The van der Waals surface area contributed by atoms with E-state index in [1.54, 1.807) is 0 Å². The Bertz CT molecular complexity index is 1140. The zero-order chi connectivity index (χ0) is 20.8. The predicted molar refractivity (Wildman–Crippen MR) is 119 cm³/mol. The standard InChI is InChI=1S/C26H20BrNO2/c1-25-15-9-3-5-11-17(15)26(2,18-12-6-4-10-16(18)25)22-21(25)23(29)28(24(22)30)20-14-8-7-13-19(20)27/h3-14,21-22H,1-2H3/t21-,22-,25?,26?/m1/s1. The van der Waals surface area contributed by atoms with Crippen molar-refractivity contribution in [2.75, 3.05) is 4.90 Å². The number of carbonyl (C=O) groups excluding carboxylic acids is 2. The van der Waals surface area contributed by atoms with Crippen LogP contribution in [0.2, 0.25) is 0 Å². The minimum Gasteiger partial charge on any atom is -0.274 e. The second kappa shape index (κ2) is 5.70. The summed E-state index contributed by atoms with van der Waals surface area (Å²) in [6.45, 7) is 4.30. The highest BCUT2D eigenvalue weighted by atomic mass is 79.9. The summed E-state index contributed by atoms with van der Waals surface area (Å²) in [5.41, 5.74) is 4.22. The molecule has 0 unspecified atom stereocenters. The molecule has 3 aromatic rings. The number of carbonyl (C=O) groups is 2. The highest BCUT2D eigenvalue weighted by molar-refractivity contribution is 9.10. The van der Waals surface area contributed by atoms with Crippen molar-refractivity contribution < 1.29 is 9.59 Å². The smallest absolute Gasteiger partial charge is 0.239 e. The molecule has 0 spiro atoms. The molecule has 148 valence electrons. The molecule has 4 aliphatic rings. The van der Waals surface area contributed by atoms with Gasteiger partial charge in [0.15, 0.2) is 0 Å². The van der Waals surface area contributed by atoms with Gasteiger partial charge in [0.25, 0.3) is 0 Å². The Kier molecular flexibility index (Phi) is 3.44. The second-order valence-corrected chi connectivity index (χ2v) is 9.77. The molecule has 3 nitrogen and oxygen atoms in total. The molecule has 1 saturated heterocycles. The molecule has 0 aromatic heterocycles. The molecular weight excluding hydrogens is 438 g/mol. The molecular formula is C26H20BrNO2. The number of benzene rings is 3. The summed E-state index contributed by atoms with van der Waals surface area (Å²) in [6.07, 6.45) is 0. The van der Waals surface area contributed by atoms with E-state index in [9.17, 15) is 9.59 Å². The maximum atomic E-state index is 13.9. The Morgan fingerprint density at radius 2 is 1.03 bits per heavy atom. The molecule has 0 radical (unpaired) electrons. The first kappa shape index (κ1) is 18.1. The SMILES string of the molecule is CC12c3ccccc3C(C)(c3ccccc31)[C@H]1C(=O)N(c3ccccc3Br)C(=O)[C@@H]12. The lowest BCUT2D eigenvalue weighted by Gasteiger charge is -2.57. The molecule has 2 atom stereocenters. The highest BCUT2D eigenvalue weighted by Crippen LogP contribution is 2.66. The normalized spacial score (nSPS) is 30.8. The molecule has 0 N–H and O–H groups in total. The molecule has 7 rings (SSSR count). The average molecular weight is 458 g/mol. The van der Waals surface area contributed by atoms with Crippen LogP contribution in [0.25, 0.3) is 0 Å². The van der Waals surface area contributed by atoms with Crippen molar-refractivity contribution >= 4 is 33.4 Å². The first-order chi connectivity index (χ1) is 14.4. The van der Waals surface area contributed by atoms with Crippen LogP contribution in [0.1, 0.15) is 36.1 Å². The molecule has 4 heteroatoms. The Morgan fingerprint density at radius 3 is 1.43 bits per heavy atom. The van der Waals surface area contributed by atoms with E-state index in [2.05, 4.69) is 54.0 Å². The van der Waals surface area contributed by atoms with E-state index >= 15 is 0 Å². The lowest BCUT2D eigenvalue weighted by Crippen LogP contribution is -2.59. The fourth-order valence-electron chi connectivity index (χ4n) is 6.44. The Hall–Kier alpha value is -2.72. The van der Waals surface area contributed by atoms with E-state index in [-0.39, 0.29) is 11.8 Å². The average Bonchev–Trinajstić information content (AvgIpc) is 3.04. The van der Waals surface area contributed by atoms with Crippen LogP contribution in [0.5, 0.6) is 0 Å². The molecule has 0 saturated carbocycles. The van der Waals surface area contributed by atoms with E-state index in [4.69, 9.17) is 0 Å². The summed E-state index contributed by atoms with van der Waals surface area (Å²) >= 11 is 3.54. The Morgan fingerprint density at radius 1 is 0.667 bits per heavy atom. The largest absolute Gasteiger partial charge is 0.274 e. The number of halogens is 1. The number of hydrogen-bond donors (Lipinski definition) is 0. The van der Waals surface area contributed by atoms with Crippen LogP contribution in [-0.2, 0) is 20.4 Å². The molecule has 3 aromatic carbocycles. The van der Waals surface area contributed by atoms with Crippen molar-refractivity contribution in [3.8, 4) is 0 Å². The van der Waals surface area contributed by atoms with Gasteiger partial charge in [0, 0.05) is 15.3 Å². The van der Waals surface area contributed by atoms with Gasteiger partial charge in [-0.05, 0) is 50.3 Å². The van der Waals surface area contributed by atoms with Crippen molar-refractivity contribution in [1.29, 1.82) is 0 Å². The van der Waals surface area contributed by atoms with Gasteiger partial charge in [-0.15, -0.1) is 0 Å². The molecule has 1 fully saturated rings. The molecule has 1 heterocycles. The fourth-order valence-corrected chi connectivity index (χ4v) is 6.90. The van der Waals surface area contributed by atoms with Gasteiger partial charge in [-0.1, -0.05) is 74.5 Å². The molecule has 1 aliphatic heterocycles. The summed E-state index contributed by atoms with van der Waals surface area (Å²) in [5.74, 6) is -1.05. The van der Waals surface area contributed by atoms with Crippen LogP contribution >= 0.6 is 15.9 Å². The van der Waals surface area contributed by atoms with E-state index in [1.165, 1.54) is 27.2 Å². The quantitative estimate of drug-likeness (QED) is 0.471. The third-order valence-corrected chi connectivity index (χ3v) is 8.41. The number of hydrogen-bond acceptors (Lipinski definition) is 2. The van der Waals surface area contributed by atoms with Gasteiger partial charge < -0.3 is 0 Å². The van der Waals surface area contributed by atoms with Crippen LogP contribution in [0.3, 0.4) is 0 Å². The third-order valence-electron chi connectivity index (χ3n) is 7.74. The minimum atomic E-state index is -0.543. The van der Waals surface area contributed by atoms with Gasteiger partial charge in [-0.2, -0.15) is 0 Å². The van der Waals surface area contributed by atoms with Crippen LogP contribution in [0, 0.1) is 11.8 Å². The summed E-state index contributed by atoms with van der Waals surface area (Å²) in [5, 5.41) is 0. The van der Waals surface area contributed by atoms with Crippen molar-refractivity contribution in [2.45, 2.75) is 24.7 Å². The van der Waals surface area contributed by atoms with E-state index in [0.29, 0.717) is 5.69 Å². The lowest BCUT2D eigenvalue weighted by atomic mass is 9.42. The van der Waals surface area contributed by atoms with E-state index < -0.39 is 22.7 Å². The van der Waals surface area contributed by atoms with Crippen LogP contribution < -0.4 is 4.90 Å². The van der Waals surface area contributed by atoms with Crippen molar-refractivity contribution in [1.82, 2.24) is 0 Å². The van der Waals surface area contributed by atoms with Gasteiger partial charge in [-0.3, -0.25) is 9.59 Å². The van der Waals surface area contributed by atoms with Gasteiger partial charge in [0.1, 0.15) is 0 Å². The monoisotopic (exact) mass is 457 g/mol. The van der Waals surface area contributed by atoms with Gasteiger partial charge in [-0.25, -0.2) is 4.90 Å². The van der Waals surface area contributed by atoms with Crippen molar-refractivity contribution in [3.05, 3.63) is 99.5 Å². The summed E-state index contributed by atoms with van der Waals surface area (Å²) in [6, 6.07) is 24.2.